The number of esters is 1. The van der Waals surface area contributed by atoms with E-state index in [-0.39, 0.29) is 29.2 Å². The number of allylic oxidation sites excluding steroid dienone is 1. The summed E-state index contributed by atoms with van der Waals surface area (Å²) in [6.07, 6.45) is 0.256. The van der Waals surface area contributed by atoms with E-state index in [0.29, 0.717) is 16.6 Å². The zero-order valence-electron chi connectivity index (χ0n) is 14.1. The first kappa shape index (κ1) is 18.4. The number of aliphatic imine (C=N–C) groups is 1. The van der Waals surface area contributed by atoms with E-state index in [4.69, 9.17) is 4.74 Å². The number of ether oxygens (including phenoxy) is 2. The number of para-hydroxylation sites is 1. The molecule has 2 aliphatic rings. The van der Waals surface area contributed by atoms with Crippen LogP contribution in [0.2, 0.25) is 0 Å². The van der Waals surface area contributed by atoms with Crippen LogP contribution in [0.15, 0.2) is 40.5 Å². The molecule has 1 amide bonds. The fourth-order valence-corrected chi connectivity index (χ4v) is 3.98. The Hall–Kier alpha value is -2.42. The molecule has 0 spiro atoms. The Morgan fingerprint density at radius 3 is 2.81 bits per heavy atom. The van der Waals surface area contributed by atoms with Crippen molar-refractivity contribution >= 4 is 28.8 Å². The quantitative estimate of drug-likeness (QED) is 0.749. The van der Waals surface area contributed by atoms with Crippen LogP contribution in [0.3, 0.4) is 0 Å². The van der Waals surface area contributed by atoms with Gasteiger partial charge in [0.15, 0.2) is 5.17 Å². The van der Waals surface area contributed by atoms with Gasteiger partial charge in [0.1, 0.15) is 11.8 Å². The van der Waals surface area contributed by atoms with Crippen molar-refractivity contribution in [3.63, 3.8) is 0 Å². The number of rotatable bonds is 4. The summed E-state index contributed by atoms with van der Waals surface area (Å²) in [5, 5.41) is 0.434. The highest BCUT2D eigenvalue weighted by atomic mass is 32.2. The van der Waals surface area contributed by atoms with E-state index in [0.717, 1.165) is 0 Å². The van der Waals surface area contributed by atoms with Crippen LogP contribution in [0, 0.1) is 0 Å². The van der Waals surface area contributed by atoms with Gasteiger partial charge in [-0.3, -0.25) is 9.69 Å². The van der Waals surface area contributed by atoms with Crippen molar-refractivity contribution in [3.8, 4) is 5.75 Å². The average Bonchev–Trinajstić information content (AvgIpc) is 2.60. The van der Waals surface area contributed by atoms with E-state index in [2.05, 4.69) is 9.73 Å². The number of hydrogen-bond acceptors (Lipinski definition) is 6. The van der Waals surface area contributed by atoms with Crippen molar-refractivity contribution in [1.82, 2.24) is 4.90 Å². The molecule has 1 aromatic carbocycles. The van der Waals surface area contributed by atoms with Crippen molar-refractivity contribution in [1.29, 1.82) is 0 Å². The summed E-state index contributed by atoms with van der Waals surface area (Å²) in [5.41, 5.74) is 0.773. The molecule has 1 saturated heterocycles. The minimum Gasteiger partial charge on any atom is -0.466 e. The van der Waals surface area contributed by atoms with Gasteiger partial charge in [-0.1, -0.05) is 30.0 Å². The second-order valence-corrected chi connectivity index (χ2v) is 6.63. The molecule has 6 nitrogen and oxygen atoms in total. The number of fused-ring (bicyclic) bond motifs is 1. The Balaban J connectivity index is 2.19. The Bertz CT molecular complexity index is 810. The Morgan fingerprint density at radius 1 is 1.38 bits per heavy atom. The van der Waals surface area contributed by atoms with Gasteiger partial charge in [0.25, 0.3) is 0 Å². The number of amidine groups is 1. The van der Waals surface area contributed by atoms with Gasteiger partial charge in [-0.2, -0.15) is 8.78 Å². The minimum atomic E-state index is -3.04. The fourth-order valence-electron chi connectivity index (χ4n) is 2.97. The van der Waals surface area contributed by atoms with Gasteiger partial charge in [0.05, 0.1) is 18.4 Å². The number of alkyl halides is 2. The molecule has 1 fully saturated rings. The number of methoxy groups -OCH3 is 1. The molecular formula is C17H16F2N2O4S. The number of halogens is 2. The van der Waals surface area contributed by atoms with Crippen molar-refractivity contribution in [2.45, 2.75) is 26.0 Å². The molecule has 0 aliphatic carbocycles. The number of nitrogens with zero attached hydrogens (tertiary/aromatic N) is 2. The first-order chi connectivity index (χ1) is 12.4. The van der Waals surface area contributed by atoms with Gasteiger partial charge >= 0.3 is 12.6 Å². The molecule has 0 saturated carbocycles. The summed E-state index contributed by atoms with van der Waals surface area (Å²) in [6.45, 7) is -1.41. The number of carbonyl (C=O) groups excluding carboxylic acids is 2. The fraction of sp³-hybridized carbons (Fsp3) is 0.353. The van der Waals surface area contributed by atoms with Gasteiger partial charge in [-0.15, -0.1) is 0 Å². The van der Waals surface area contributed by atoms with Crippen LogP contribution in [0.25, 0.3) is 0 Å². The van der Waals surface area contributed by atoms with Crippen LogP contribution in [0.1, 0.15) is 24.9 Å². The predicted octanol–water partition coefficient (Wildman–Crippen LogP) is 3.11. The maximum atomic E-state index is 12.8. The molecule has 26 heavy (non-hydrogen) atoms. The lowest BCUT2D eigenvalue weighted by molar-refractivity contribution is -0.137. The summed E-state index contributed by atoms with van der Waals surface area (Å²) in [7, 11) is 1.22. The molecule has 3 rings (SSSR count). The van der Waals surface area contributed by atoms with Crippen LogP contribution in [0.5, 0.6) is 5.75 Å². The van der Waals surface area contributed by atoms with Crippen LogP contribution in [0.4, 0.5) is 8.78 Å². The number of amides is 1. The molecule has 0 bridgehead atoms. The van der Waals surface area contributed by atoms with E-state index in [1.165, 1.54) is 29.8 Å². The lowest BCUT2D eigenvalue weighted by Crippen LogP contribution is -2.45. The van der Waals surface area contributed by atoms with E-state index < -0.39 is 18.6 Å². The third kappa shape index (κ3) is 3.31. The molecule has 1 atom stereocenters. The van der Waals surface area contributed by atoms with Gasteiger partial charge in [-0.25, -0.2) is 9.79 Å². The summed E-state index contributed by atoms with van der Waals surface area (Å²) < 4.78 is 35.1. The predicted molar refractivity (Wildman–Crippen MR) is 91.9 cm³/mol. The van der Waals surface area contributed by atoms with Gasteiger partial charge in [0, 0.05) is 17.7 Å². The third-order valence-corrected chi connectivity index (χ3v) is 5.00. The van der Waals surface area contributed by atoms with Crippen molar-refractivity contribution < 1.29 is 27.8 Å². The number of thioether (sulfide) groups is 1. The monoisotopic (exact) mass is 382 g/mol. The molecule has 2 heterocycles. The second kappa shape index (κ2) is 7.45. The van der Waals surface area contributed by atoms with E-state index in [9.17, 15) is 18.4 Å². The smallest absolute Gasteiger partial charge is 0.387 e. The molecule has 0 N–H and O–H groups in total. The zero-order chi connectivity index (χ0) is 18.8. The Morgan fingerprint density at radius 2 is 2.12 bits per heavy atom. The third-order valence-electron chi connectivity index (χ3n) is 4.04. The highest BCUT2D eigenvalue weighted by Crippen LogP contribution is 2.43. The number of hydrogen-bond donors (Lipinski definition) is 0. The molecule has 2 aliphatic heterocycles. The van der Waals surface area contributed by atoms with Crippen molar-refractivity contribution in [3.05, 3.63) is 41.1 Å². The standard InChI is InChI=1S/C17H16F2N2O4S/c1-9-13(15(23)24-2)14(21-12(22)7-8-26-17(21)20-9)10-5-3-4-6-11(10)25-16(18)19/h3-6,14,16H,7-8H2,1-2H3/t14-/m0/s1. The van der Waals surface area contributed by atoms with Crippen LogP contribution < -0.4 is 4.74 Å². The summed E-state index contributed by atoms with van der Waals surface area (Å²) in [5.74, 6) is -0.457. The topological polar surface area (TPSA) is 68.2 Å². The van der Waals surface area contributed by atoms with Gasteiger partial charge in [-0.05, 0) is 13.0 Å². The van der Waals surface area contributed by atoms with Crippen molar-refractivity contribution in [2.24, 2.45) is 4.99 Å². The second-order valence-electron chi connectivity index (χ2n) is 5.57. The first-order valence-electron chi connectivity index (χ1n) is 7.80. The number of benzene rings is 1. The summed E-state index contributed by atoms with van der Waals surface area (Å²) >= 11 is 1.37. The maximum Gasteiger partial charge on any atom is 0.387 e. The van der Waals surface area contributed by atoms with Crippen LogP contribution in [-0.2, 0) is 14.3 Å². The number of carbonyl (C=O) groups is 2. The minimum absolute atomic E-state index is 0.105. The summed E-state index contributed by atoms with van der Waals surface area (Å²) in [4.78, 5) is 30.7. The highest BCUT2D eigenvalue weighted by molar-refractivity contribution is 8.14. The SMILES string of the molecule is COC(=O)C1=C(C)N=C2SCCC(=O)N2[C@H]1c1ccccc1OC(F)F. The van der Waals surface area contributed by atoms with E-state index in [1.807, 2.05) is 0 Å². The molecule has 1 aromatic rings. The largest absolute Gasteiger partial charge is 0.466 e. The van der Waals surface area contributed by atoms with Gasteiger partial charge < -0.3 is 9.47 Å². The van der Waals surface area contributed by atoms with Gasteiger partial charge in [0.2, 0.25) is 5.91 Å². The Kier molecular flexibility index (Phi) is 5.26. The molecular weight excluding hydrogens is 366 g/mol. The molecule has 0 aromatic heterocycles. The van der Waals surface area contributed by atoms with Crippen LogP contribution >= 0.6 is 11.8 Å². The average molecular weight is 382 g/mol. The molecule has 0 unspecified atom stereocenters. The molecule has 9 heteroatoms. The van der Waals surface area contributed by atoms with E-state index >= 15 is 0 Å². The lowest BCUT2D eigenvalue weighted by Gasteiger charge is -2.39. The summed E-state index contributed by atoms with van der Waals surface area (Å²) in [6, 6.07) is 5.16. The molecule has 138 valence electrons. The highest BCUT2D eigenvalue weighted by Gasteiger charge is 2.42. The normalized spacial score (nSPS) is 20.0. The lowest BCUT2D eigenvalue weighted by atomic mass is 9.93. The van der Waals surface area contributed by atoms with E-state index in [1.54, 1.807) is 25.1 Å². The molecule has 0 radical (unpaired) electrons. The maximum absolute atomic E-state index is 12.8. The zero-order valence-corrected chi connectivity index (χ0v) is 14.9. The van der Waals surface area contributed by atoms with Crippen molar-refractivity contribution in [2.75, 3.05) is 12.9 Å². The Labute approximate surface area is 152 Å². The first-order valence-corrected chi connectivity index (χ1v) is 8.79. The van der Waals surface area contributed by atoms with Crippen LogP contribution in [-0.4, -0.2) is 41.4 Å².